The first-order valence-electron chi connectivity index (χ1n) is 13.3. The zero-order valence-electron chi connectivity index (χ0n) is 22.8. The van der Waals surface area contributed by atoms with Crippen molar-refractivity contribution in [1.82, 2.24) is 5.32 Å². The van der Waals surface area contributed by atoms with E-state index in [0.29, 0.717) is 11.3 Å². The Morgan fingerprint density at radius 2 is 1.66 bits per heavy atom. The minimum Gasteiger partial charge on any atom is -0.490 e. The van der Waals surface area contributed by atoms with Gasteiger partial charge >= 0.3 is 6.09 Å². The van der Waals surface area contributed by atoms with Gasteiger partial charge in [-0.3, -0.25) is 0 Å². The fourth-order valence-corrected chi connectivity index (χ4v) is 6.44. The fraction of sp³-hybridized carbons (Fsp3) is 0.452. The molecule has 6 nitrogen and oxygen atoms in total. The van der Waals surface area contributed by atoms with E-state index in [1.165, 1.54) is 6.26 Å². The first-order valence-corrected chi connectivity index (χ1v) is 15.2. The Hall–Kier alpha value is -3.06. The summed E-state index contributed by atoms with van der Waals surface area (Å²) in [6.07, 6.45) is 5.28. The molecule has 3 aromatic rings. The highest BCUT2D eigenvalue weighted by Crippen LogP contribution is 2.43. The number of sulfone groups is 1. The zero-order chi connectivity index (χ0) is 27.3. The van der Waals surface area contributed by atoms with Crippen molar-refractivity contribution < 1.29 is 22.7 Å². The highest BCUT2D eigenvalue weighted by Gasteiger charge is 2.37. The third-order valence-corrected chi connectivity index (χ3v) is 9.38. The van der Waals surface area contributed by atoms with Gasteiger partial charge in [-0.05, 0) is 90.1 Å². The molecule has 2 aliphatic rings. The van der Waals surface area contributed by atoms with Crippen molar-refractivity contribution in [2.45, 2.75) is 69.9 Å². The van der Waals surface area contributed by atoms with Crippen LogP contribution in [0.4, 0.5) is 4.79 Å². The van der Waals surface area contributed by atoms with Crippen LogP contribution in [0.3, 0.4) is 0 Å². The summed E-state index contributed by atoms with van der Waals surface area (Å²) in [4.78, 5) is 12.0. The lowest BCUT2D eigenvalue weighted by atomic mass is 9.72. The van der Waals surface area contributed by atoms with Crippen molar-refractivity contribution >= 4 is 26.7 Å². The summed E-state index contributed by atoms with van der Waals surface area (Å²) in [6.45, 7) is 9.18. The Balaban J connectivity index is 1.54. The fourth-order valence-electron chi connectivity index (χ4n) is 5.81. The third kappa shape index (κ3) is 5.26. The van der Waals surface area contributed by atoms with E-state index < -0.39 is 21.5 Å². The van der Waals surface area contributed by atoms with Gasteiger partial charge in [-0.2, -0.15) is 0 Å². The van der Waals surface area contributed by atoms with Crippen molar-refractivity contribution in [1.29, 1.82) is 0 Å². The molecular weight excluding hydrogens is 498 g/mol. The number of carbonyl (C=O) groups excluding carboxylic acids is 1. The second-order valence-electron chi connectivity index (χ2n) is 12.2. The lowest BCUT2D eigenvalue weighted by Gasteiger charge is -2.37. The summed E-state index contributed by atoms with van der Waals surface area (Å²) in [5.74, 6) is 1.50. The maximum absolute atomic E-state index is 12.1. The van der Waals surface area contributed by atoms with Crippen LogP contribution >= 0.6 is 0 Å². The summed E-state index contributed by atoms with van der Waals surface area (Å²) < 4.78 is 36.0. The summed E-state index contributed by atoms with van der Waals surface area (Å²) in [7, 11) is -3.30. The molecule has 1 saturated carbocycles. The van der Waals surface area contributed by atoms with E-state index in [2.05, 4.69) is 44.3 Å². The Labute approximate surface area is 225 Å². The van der Waals surface area contributed by atoms with Crippen LogP contribution in [0.1, 0.15) is 58.9 Å². The summed E-state index contributed by atoms with van der Waals surface area (Å²) in [5, 5.41) is 4.93. The number of benzene rings is 3. The van der Waals surface area contributed by atoms with Crippen molar-refractivity contribution in [2.24, 2.45) is 11.3 Å². The van der Waals surface area contributed by atoms with Gasteiger partial charge in [-0.15, -0.1) is 0 Å². The topological polar surface area (TPSA) is 81.7 Å². The number of nitrogens with one attached hydrogen (secondary N) is 1. The van der Waals surface area contributed by atoms with Gasteiger partial charge in [0, 0.05) is 11.8 Å². The van der Waals surface area contributed by atoms with Gasteiger partial charge in [-0.1, -0.05) is 51.1 Å². The maximum Gasteiger partial charge on any atom is 0.408 e. The molecule has 1 unspecified atom stereocenters. The quantitative estimate of drug-likeness (QED) is 0.386. The second-order valence-corrected chi connectivity index (χ2v) is 14.2. The minimum absolute atomic E-state index is 0.143. The largest absolute Gasteiger partial charge is 0.490 e. The molecular formula is C31H37NO5S. The molecule has 1 aliphatic carbocycles. The lowest BCUT2D eigenvalue weighted by molar-refractivity contribution is 0.0886. The number of alkyl carbamates (subject to hydrolysis) is 1. The first kappa shape index (κ1) is 26.5. The van der Waals surface area contributed by atoms with Gasteiger partial charge < -0.3 is 14.8 Å². The summed E-state index contributed by atoms with van der Waals surface area (Å²) in [6, 6.07) is 17.3. The molecule has 3 aromatic carbocycles. The van der Waals surface area contributed by atoms with Gasteiger partial charge in [0.25, 0.3) is 0 Å². The Kier molecular flexibility index (Phi) is 6.70. The molecule has 1 atom stereocenters. The number of amides is 1. The summed E-state index contributed by atoms with van der Waals surface area (Å²) in [5.41, 5.74) is 2.52. The van der Waals surface area contributed by atoms with E-state index in [-0.39, 0.29) is 17.6 Å². The molecule has 2 fully saturated rings. The predicted octanol–water partition coefficient (Wildman–Crippen LogP) is 6.85. The van der Waals surface area contributed by atoms with E-state index in [1.807, 2.05) is 31.2 Å². The van der Waals surface area contributed by atoms with Gasteiger partial charge in [0.15, 0.2) is 9.84 Å². The maximum atomic E-state index is 12.1. The molecule has 1 N–H and O–H groups in total. The number of ether oxygens (including phenoxy) is 2. The molecule has 0 radical (unpaired) electrons. The van der Waals surface area contributed by atoms with Crippen LogP contribution in [-0.2, 0) is 20.1 Å². The van der Waals surface area contributed by atoms with Crippen molar-refractivity contribution in [3.8, 4) is 16.9 Å². The SMILES string of the molecule is CC1(c2ccc3c(-c4ccc(S(C)(=O)=O)cc4)c(OC4CCC(C(C)(C)C)CC4)ccc3c2)COC(=O)N1. The molecule has 5 rings (SSSR count). The van der Waals surface area contributed by atoms with Crippen LogP contribution in [0.25, 0.3) is 21.9 Å². The van der Waals surface area contributed by atoms with E-state index >= 15 is 0 Å². The van der Waals surface area contributed by atoms with Crippen LogP contribution < -0.4 is 10.1 Å². The molecule has 0 aromatic heterocycles. The van der Waals surface area contributed by atoms with E-state index in [1.54, 1.807) is 12.1 Å². The number of cyclic esters (lactones) is 1. The standard InChI is InChI=1S/C31H37NO5S/c1-30(2,3)22-9-12-24(13-10-22)37-27-17-8-21-18-23(31(4)19-36-29(33)32-31)11-16-26(21)28(27)20-6-14-25(15-7-20)38(5,34)35/h6-8,11,14-18,22,24H,9-10,12-13,19H2,1-5H3,(H,32,33). The lowest BCUT2D eigenvalue weighted by Crippen LogP contribution is -2.37. The van der Waals surface area contributed by atoms with Crippen molar-refractivity contribution in [2.75, 3.05) is 12.9 Å². The average molecular weight is 536 g/mol. The van der Waals surface area contributed by atoms with Crippen LogP contribution in [0.2, 0.25) is 0 Å². The molecule has 1 amide bonds. The molecule has 0 bridgehead atoms. The Bertz CT molecular complexity index is 1460. The van der Waals surface area contributed by atoms with Gasteiger partial charge in [-0.25, -0.2) is 13.2 Å². The van der Waals surface area contributed by atoms with Crippen LogP contribution in [0.5, 0.6) is 5.75 Å². The highest BCUT2D eigenvalue weighted by atomic mass is 32.2. The zero-order valence-corrected chi connectivity index (χ0v) is 23.7. The molecule has 7 heteroatoms. The van der Waals surface area contributed by atoms with Crippen molar-refractivity contribution in [3.63, 3.8) is 0 Å². The van der Waals surface area contributed by atoms with E-state index in [9.17, 15) is 13.2 Å². The van der Waals surface area contributed by atoms with Gasteiger partial charge in [0.05, 0.1) is 16.5 Å². The predicted molar refractivity (Wildman–Crippen MR) is 150 cm³/mol. The number of fused-ring (bicyclic) bond motifs is 1. The number of hydrogen-bond acceptors (Lipinski definition) is 5. The monoisotopic (exact) mass is 535 g/mol. The average Bonchev–Trinajstić information content (AvgIpc) is 3.22. The molecule has 1 aliphatic heterocycles. The number of hydrogen-bond donors (Lipinski definition) is 1. The van der Waals surface area contributed by atoms with Gasteiger partial charge in [0.2, 0.25) is 0 Å². The molecule has 1 saturated heterocycles. The van der Waals surface area contributed by atoms with Crippen LogP contribution in [0.15, 0.2) is 59.5 Å². The highest BCUT2D eigenvalue weighted by molar-refractivity contribution is 7.90. The van der Waals surface area contributed by atoms with Crippen LogP contribution in [-0.4, -0.2) is 33.5 Å². The van der Waals surface area contributed by atoms with E-state index in [0.717, 1.165) is 58.9 Å². The normalized spacial score (nSPS) is 24.2. The molecule has 38 heavy (non-hydrogen) atoms. The first-order chi connectivity index (χ1) is 17.8. The second kappa shape index (κ2) is 9.60. The number of rotatable bonds is 5. The Morgan fingerprint density at radius 3 is 2.24 bits per heavy atom. The van der Waals surface area contributed by atoms with Gasteiger partial charge in [0.1, 0.15) is 12.4 Å². The Morgan fingerprint density at radius 1 is 0.974 bits per heavy atom. The summed E-state index contributed by atoms with van der Waals surface area (Å²) >= 11 is 0. The van der Waals surface area contributed by atoms with Crippen LogP contribution in [0, 0.1) is 11.3 Å². The van der Waals surface area contributed by atoms with Crippen molar-refractivity contribution in [3.05, 3.63) is 60.2 Å². The minimum atomic E-state index is -3.30. The molecule has 202 valence electrons. The molecule has 1 heterocycles. The van der Waals surface area contributed by atoms with E-state index in [4.69, 9.17) is 9.47 Å². The molecule has 0 spiro atoms. The number of carbonyl (C=O) groups is 1. The smallest absolute Gasteiger partial charge is 0.408 e. The third-order valence-electron chi connectivity index (χ3n) is 8.25.